The number of alkyl halides is 3. The molecule has 0 atom stereocenters. The second kappa shape index (κ2) is 7.35. The molecule has 134 valence electrons. The van der Waals surface area contributed by atoms with Crippen molar-refractivity contribution >= 4 is 5.69 Å². The van der Waals surface area contributed by atoms with Crippen molar-refractivity contribution in [1.29, 1.82) is 0 Å². The van der Waals surface area contributed by atoms with Crippen LogP contribution >= 0.6 is 0 Å². The zero-order valence-corrected chi connectivity index (χ0v) is 13.8. The van der Waals surface area contributed by atoms with Crippen LogP contribution in [0.15, 0.2) is 48.5 Å². The molecule has 1 aliphatic rings. The average molecular weight is 350 g/mol. The number of nitrogens with zero attached hydrogens (tertiary/aromatic N) is 1. The first-order valence-corrected chi connectivity index (χ1v) is 8.34. The van der Waals surface area contributed by atoms with Gasteiger partial charge in [-0.05, 0) is 54.2 Å². The Labute approximate surface area is 145 Å². The van der Waals surface area contributed by atoms with Crippen LogP contribution in [0.4, 0.5) is 18.9 Å². The minimum absolute atomic E-state index is 0.174. The molecule has 0 radical (unpaired) electrons. The van der Waals surface area contributed by atoms with E-state index in [0.29, 0.717) is 12.5 Å². The van der Waals surface area contributed by atoms with E-state index in [1.54, 1.807) is 12.1 Å². The SMILES string of the molecule is NCc1cccc(N2CCC(c3ccc(OC(F)(F)F)cc3)CC2)c1. The molecule has 1 fully saturated rings. The van der Waals surface area contributed by atoms with E-state index < -0.39 is 6.36 Å². The van der Waals surface area contributed by atoms with Crippen LogP contribution in [0, 0.1) is 0 Å². The number of ether oxygens (including phenoxy) is 1. The summed E-state index contributed by atoms with van der Waals surface area (Å²) >= 11 is 0. The summed E-state index contributed by atoms with van der Waals surface area (Å²) in [6.07, 6.45) is -2.72. The molecule has 6 heteroatoms. The van der Waals surface area contributed by atoms with Gasteiger partial charge in [0.15, 0.2) is 0 Å². The van der Waals surface area contributed by atoms with Gasteiger partial charge in [0.05, 0.1) is 0 Å². The van der Waals surface area contributed by atoms with Crippen LogP contribution < -0.4 is 15.4 Å². The third-order valence-corrected chi connectivity index (χ3v) is 4.59. The van der Waals surface area contributed by atoms with E-state index in [9.17, 15) is 13.2 Å². The van der Waals surface area contributed by atoms with E-state index >= 15 is 0 Å². The maximum atomic E-state index is 12.2. The molecule has 2 aromatic carbocycles. The van der Waals surface area contributed by atoms with Gasteiger partial charge in [-0.3, -0.25) is 0 Å². The molecule has 0 amide bonds. The zero-order valence-electron chi connectivity index (χ0n) is 13.8. The molecule has 0 spiro atoms. The minimum Gasteiger partial charge on any atom is -0.406 e. The number of nitrogens with two attached hydrogens (primary N) is 1. The van der Waals surface area contributed by atoms with Crippen LogP contribution in [0.3, 0.4) is 0 Å². The first-order chi connectivity index (χ1) is 11.9. The third-order valence-electron chi connectivity index (χ3n) is 4.59. The van der Waals surface area contributed by atoms with Gasteiger partial charge in [-0.25, -0.2) is 0 Å². The zero-order chi connectivity index (χ0) is 17.9. The highest BCUT2D eigenvalue weighted by Crippen LogP contribution is 2.32. The molecule has 2 aromatic rings. The van der Waals surface area contributed by atoms with Crippen molar-refractivity contribution in [3.05, 3.63) is 59.7 Å². The number of halogens is 3. The predicted octanol–water partition coefficient (Wildman–Crippen LogP) is 4.43. The lowest BCUT2D eigenvalue weighted by Crippen LogP contribution is -2.32. The number of benzene rings is 2. The highest BCUT2D eigenvalue weighted by Gasteiger charge is 2.31. The van der Waals surface area contributed by atoms with Gasteiger partial charge in [-0.1, -0.05) is 24.3 Å². The molecule has 3 nitrogen and oxygen atoms in total. The van der Waals surface area contributed by atoms with Crippen LogP contribution in [0.25, 0.3) is 0 Å². The van der Waals surface area contributed by atoms with Gasteiger partial charge in [0.25, 0.3) is 0 Å². The summed E-state index contributed by atoms with van der Waals surface area (Å²) in [5.74, 6) is 0.182. The monoisotopic (exact) mass is 350 g/mol. The Morgan fingerprint density at radius 1 is 1.04 bits per heavy atom. The Hall–Kier alpha value is -2.21. The second-order valence-corrected chi connectivity index (χ2v) is 6.25. The standard InChI is InChI=1S/C19H21F3N2O/c20-19(21,22)25-18-6-4-15(5-7-18)16-8-10-24(11-9-16)17-3-1-2-14(12-17)13-23/h1-7,12,16H,8-11,13,23H2. The molecule has 0 saturated carbocycles. The normalized spacial score (nSPS) is 16.1. The van der Waals surface area contributed by atoms with Gasteiger partial charge in [0, 0.05) is 25.3 Å². The molecule has 1 aliphatic heterocycles. The molecule has 2 N–H and O–H groups in total. The lowest BCUT2D eigenvalue weighted by atomic mass is 9.89. The van der Waals surface area contributed by atoms with Crippen LogP contribution in [-0.4, -0.2) is 19.5 Å². The van der Waals surface area contributed by atoms with E-state index in [1.807, 2.05) is 12.1 Å². The van der Waals surface area contributed by atoms with Gasteiger partial charge in [-0.2, -0.15) is 0 Å². The van der Waals surface area contributed by atoms with Crippen molar-refractivity contribution in [2.24, 2.45) is 5.73 Å². The van der Waals surface area contributed by atoms with Crippen molar-refractivity contribution in [3.8, 4) is 5.75 Å². The van der Waals surface area contributed by atoms with Crippen LogP contribution in [0.2, 0.25) is 0 Å². The van der Waals surface area contributed by atoms with E-state index in [0.717, 1.165) is 37.1 Å². The molecule has 0 unspecified atom stereocenters. The largest absolute Gasteiger partial charge is 0.573 e. The number of anilines is 1. The molecule has 0 bridgehead atoms. The first-order valence-electron chi connectivity index (χ1n) is 8.34. The third kappa shape index (κ3) is 4.66. The number of rotatable bonds is 4. The summed E-state index contributed by atoms with van der Waals surface area (Å²) in [7, 11) is 0. The van der Waals surface area contributed by atoms with Gasteiger partial charge in [0.2, 0.25) is 0 Å². The van der Waals surface area contributed by atoms with Crippen LogP contribution in [-0.2, 0) is 6.54 Å². The predicted molar refractivity (Wildman–Crippen MR) is 91.6 cm³/mol. The average Bonchev–Trinajstić information content (AvgIpc) is 2.61. The summed E-state index contributed by atoms with van der Waals surface area (Å²) in [6.45, 7) is 2.36. The summed E-state index contributed by atoms with van der Waals surface area (Å²) in [5.41, 5.74) is 9.04. The van der Waals surface area contributed by atoms with Gasteiger partial charge in [0.1, 0.15) is 5.75 Å². The maximum absolute atomic E-state index is 12.2. The topological polar surface area (TPSA) is 38.5 Å². The lowest BCUT2D eigenvalue weighted by molar-refractivity contribution is -0.274. The minimum atomic E-state index is -4.65. The molecule has 0 aliphatic carbocycles. The van der Waals surface area contributed by atoms with Gasteiger partial charge in [-0.15, -0.1) is 13.2 Å². The Balaban J connectivity index is 1.60. The molecule has 1 heterocycles. The van der Waals surface area contributed by atoms with Crippen molar-refractivity contribution in [1.82, 2.24) is 0 Å². The second-order valence-electron chi connectivity index (χ2n) is 6.25. The van der Waals surface area contributed by atoms with Gasteiger partial charge >= 0.3 is 6.36 Å². The number of hydrogen-bond donors (Lipinski definition) is 1. The van der Waals surface area contributed by atoms with E-state index in [4.69, 9.17) is 5.73 Å². The Morgan fingerprint density at radius 3 is 2.32 bits per heavy atom. The fourth-order valence-corrected chi connectivity index (χ4v) is 3.29. The van der Waals surface area contributed by atoms with E-state index in [2.05, 4.69) is 21.8 Å². The smallest absolute Gasteiger partial charge is 0.406 e. The number of piperidine rings is 1. The van der Waals surface area contributed by atoms with E-state index in [-0.39, 0.29) is 5.75 Å². The first kappa shape index (κ1) is 17.6. The molecule has 25 heavy (non-hydrogen) atoms. The van der Waals surface area contributed by atoms with Crippen molar-refractivity contribution in [2.45, 2.75) is 31.7 Å². The molecule has 1 saturated heterocycles. The summed E-state index contributed by atoms with van der Waals surface area (Å²) in [4.78, 5) is 2.33. The van der Waals surface area contributed by atoms with Crippen LogP contribution in [0.1, 0.15) is 29.9 Å². The Bertz CT molecular complexity index is 693. The van der Waals surface area contributed by atoms with E-state index in [1.165, 1.54) is 17.8 Å². The molecule has 3 rings (SSSR count). The van der Waals surface area contributed by atoms with Crippen LogP contribution in [0.5, 0.6) is 5.75 Å². The summed E-state index contributed by atoms with van der Waals surface area (Å²) in [6, 6.07) is 14.5. The van der Waals surface area contributed by atoms with Crippen molar-refractivity contribution in [2.75, 3.05) is 18.0 Å². The Morgan fingerprint density at radius 2 is 1.72 bits per heavy atom. The highest BCUT2D eigenvalue weighted by atomic mass is 19.4. The highest BCUT2D eigenvalue weighted by molar-refractivity contribution is 5.49. The molecule has 0 aromatic heterocycles. The quantitative estimate of drug-likeness (QED) is 0.887. The van der Waals surface area contributed by atoms with Crippen molar-refractivity contribution in [3.63, 3.8) is 0 Å². The maximum Gasteiger partial charge on any atom is 0.573 e. The molecular formula is C19H21F3N2O. The number of hydrogen-bond acceptors (Lipinski definition) is 3. The molecular weight excluding hydrogens is 329 g/mol. The fourth-order valence-electron chi connectivity index (χ4n) is 3.29. The Kier molecular flexibility index (Phi) is 5.18. The lowest BCUT2D eigenvalue weighted by Gasteiger charge is -2.34. The van der Waals surface area contributed by atoms with Gasteiger partial charge < -0.3 is 15.4 Å². The summed E-state index contributed by atoms with van der Waals surface area (Å²) < 4.78 is 40.6. The van der Waals surface area contributed by atoms with Crippen molar-refractivity contribution < 1.29 is 17.9 Å². The fraction of sp³-hybridized carbons (Fsp3) is 0.368. The summed E-state index contributed by atoms with van der Waals surface area (Å²) in [5, 5.41) is 0.